The summed E-state index contributed by atoms with van der Waals surface area (Å²) in [5.74, 6) is 0. The van der Waals surface area contributed by atoms with Crippen LogP contribution in [0.3, 0.4) is 0 Å². The lowest BCUT2D eigenvalue weighted by Gasteiger charge is -2.09. The largest absolute Gasteiger partial charge is 0.298 e. The van der Waals surface area contributed by atoms with Crippen LogP contribution in [0.15, 0.2) is 48.5 Å². The number of hydrogen-bond acceptors (Lipinski definition) is 3. The van der Waals surface area contributed by atoms with E-state index in [0.29, 0.717) is 11.3 Å². The number of benzene rings is 2. The SMILES string of the molecule is Cc1cc(C=O)ccc1-c1cc2ccccc2nc1C#N. The first-order chi connectivity index (χ1) is 10.2. The molecule has 0 N–H and O–H groups in total. The van der Waals surface area contributed by atoms with Gasteiger partial charge in [0.2, 0.25) is 0 Å². The second-order valence-electron chi connectivity index (χ2n) is 4.88. The Kier molecular flexibility index (Phi) is 3.21. The molecule has 0 aliphatic carbocycles. The molecule has 3 aromatic rings. The third-order valence-electron chi connectivity index (χ3n) is 3.51. The number of nitrogens with zero attached hydrogens (tertiary/aromatic N) is 2. The standard InChI is InChI=1S/C18H12N2O/c1-12-8-13(11-21)6-7-15(12)16-9-14-4-2-3-5-17(14)20-18(16)10-19/h2-9,11H,1H3. The lowest BCUT2D eigenvalue weighted by Crippen LogP contribution is -1.93. The number of aldehydes is 1. The topological polar surface area (TPSA) is 53.8 Å². The van der Waals surface area contributed by atoms with Gasteiger partial charge in [-0.25, -0.2) is 4.98 Å². The fraction of sp³-hybridized carbons (Fsp3) is 0.0556. The maximum atomic E-state index is 10.8. The van der Waals surface area contributed by atoms with E-state index in [1.807, 2.05) is 49.4 Å². The fourth-order valence-electron chi connectivity index (χ4n) is 2.47. The van der Waals surface area contributed by atoms with Crippen molar-refractivity contribution >= 4 is 17.2 Å². The molecule has 0 saturated heterocycles. The summed E-state index contributed by atoms with van der Waals surface area (Å²) in [4.78, 5) is 15.3. The van der Waals surface area contributed by atoms with Gasteiger partial charge in [0, 0.05) is 16.5 Å². The van der Waals surface area contributed by atoms with Gasteiger partial charge in [0.25, 0.3) is 0 Å². The van der Waals surface area contributed by atoms with Crippen LogP contribution in [0.1, 0.15) is 21.6 Å². The lowest BCUT2D eigenvalue weighted by atomic mass is 9.96. The van der Waals surface area contributed by atoms with E-state index in [9.17, 15) is 10.1 Å². The molecule has 3 nitrogen and oxygen atoms in total. The van der Waals surface area contributed by atoms with E-state index >= 15 is 0 Å². The molecule has 0 saturated carbocycles. The molecule has 0 atom stereocenters. The summed E-state index contributed by atoms with van der Waals surface area (Å²) >= 11 is 0. The van der Waals surface area contributed by atoms with Crippen LogP contribution >= 0.6 is 0 Å². The minimum Gasteiger partial charge on any atom is -0.298 e. The smallest absolute Gasteiger partial charge is 0.150 e. The first-order valence-corrected chi connectivity index (χ1v) is 6.59. The molecule has 0 unspecified atom stereocenters. The predicted octanol–water partition coefficient (Wildman–Crippen LogP) is 3.89. The number of pyridine rings is 1. The summed E-state index contributed by atoms with van der Waals surface area (Å²) in [7, 11) is 0. The number of aryl methyl sites for hydroxylation is 1. The molecule has 0 aliphatic rings. The Bertz CT molecular complexity index is 891. The van der Waals surface area contributed by atoms with Gasteiger partial charge in [-0.3, -0.25) is 4.79 Å². The van der Waals surface area contributed by atoms with Crippen molar-refractivity contribution in [1.82, 2.24) is 4.98 Å². The lowest BCUT2D eigenvalue weighted by molar-refractivity contribution is 0.112. The normalized spacial score (nSPS) is 10.3. The molecule has 0 aliphatic heterocycles. The van der Waals surface area contributed by atoms with Gasteiger partial charge in [0.1, 0.15) is 18.0 Å². The Balaban J connectivity index is 2.29. The van der Waals surface area contributed by atoms with Crippen LogP contribution in [0.4, 0.5) is 0 Å². The summed E-state index contributed by atoms with van der Waals surface area (Å²) in [6.07, 6.45) is 0.820. The minimum absolute atomic E-state index is 0.399. The molecule has 0 bridgehead atoms. The zero-order valence-electron chi connectivity index (χ0n) is 11.5. The maximum Gasteiger partial charge on any atom is 0.150 e. The molecular weight excluding hydrogens is 260 g/mol. The van der Waals surface area contributed by atoms with E-state index in [4.69, 9.17) is 0 Å². The third-order valence-corrected chi connectivity index (χ3v) is 3.51. The van der Waals surface area contributed by atoms with Crippen molar-refractivity contribution < 1.29 is 4.79 Å². The molecule has 3 heteroatoms. The first kappa shape index (κ1) is 13.0. The molecule has 1 aromatic heterocycles. The average molecular weight is 272 g/mol. The summed E-state index contributed by atoms with van der Waals surface area (Å²) in [5, 5.41) is 10.4. The summed E-state index contributed by atoms with van der Waals surface area (Å²) < 4.78 is 0. The van der Waals surface area contributed by atoms with Gasteiger partial charge in [0.05, 0.1) is 5.52 Å². The Morgan fingerprint density at radius 2 is 1.90 bits per heavy atom. The van der Waals surface area contributed by atoms with Crippen molar-refractivity contribution in [3.8, 4) is 17.2 Å². The molecule has 2 aromatic carbocycles. The summed E-state index contributed by atoms with van der Waals surface area (Å²) in [6.45, 7) is 1.93. The highest BCUT2D eigenvalue weighted by Crippen LogP contribution is 2.29. The number of nitriles is 1. The maximum absolute atomic E-state index is 10.8. The van der Waals surface area contributed by atoms with Crippen LogP contribution in [0, 0.1) is 18.3 Å². The number of hydrogen-bond donors (Lipinski definition) is 0. The zero-order chi connectivity index (χ0) is 14.8. The van der Waals surface area contributed by atoms with Crippen LogP contribution in [-0.4, -0.2) is 11.3 Å². The predicted molar refractivity (Wildman–Crippen MR) is 82.0 cm³/mol. The van der Waals surface area contributed by atoms with E-state index in [2.05, 4.69) is 11.1 Å². The second kappa shape index (κ2) is 5.18. The highest BCUT2D eigenvalue weighted by atomic mass is 16.1. The Hall–Kier alpha value is -2.99. The number of carbonyl (C=O) groups is 1. The van der Waals surface area contributed by atoms with E-state index in [1.165, 1.54) is 0 Å². The quantitative estimate of drug-likeness (QED) is 0.665. The van der Waals surface area contributed by atoms with Gasteiger partial charge in [-0.1, -0.05) is 30.3 Å². The molecule has 100 valence electrons. The third kappa shape index (κ3) is 2.28. The molecule has 0 spiro atoms. The average Bonchev–Trinajstić information content (AvgIpc) is 2.53. The first-order valence-electron chi connectivity index (χ1n) is 6.59. The molecule has 1 heterocycles. The molecule has 3 rings (SSSR count). The minimum atomic E-state index is 0.399. The molecule has 0 amide bonds. The number of rotatable bonds is 2. The summed E-state index contributed by atoms with van der Waals surface area (Å²) in [5.41, 5.74) is 4.51. The van der Waals surface area contributed by atoms with Gasteiger partial charge in [-0.15, -0.1) is 0 Å². The number of aromatic nitrogens is 1. The van der Waals surface area contributed by atoms with E-state index in [-0.39, 0.29) is 0 Å². The van der Waals surface area contributed by atoms with Gasteiger partial charge >= 0.3 is 0 Å². The number of para-hydroxylation sites is 1. The van der Waals surface area contributed by atoms with E-state index in [1.54, 1.807) is 6.07 Å². The van der Waals surface area contributed by atoms with Crippen LogP contribution < -0.4 is 0 Å². The second-order valence-corrected chi connectivity index (χ2v) is 4.88. The van der Waals surface area contributed by atoms with Gasteiger partial charge < -0.3 is 0 Å². The van der Waals surface area contributed by atoms with Gasteiger partial charge in [-0.05, 0) is 36.2 Å². The van der Waals surface area contributed by atoms with Crippen LogP contribution in [0.2, 0.25) is 0 Å². The van der Waals surface area contributed by atoms with Crippen molar-refractivity contribution in [2.45, 2.75) is 6.92 Å². The van der Waals surface area contributed by atoms with Crippen LogP contribution in [0.25, 0.3) is 22.0 Å². The van der Waals surface area contributed by atoms with E-state index < -0.39 is 0 Å². The van der Waals surface area contributed by atoms with Crippen molar-refractivity contribution in [2.24, 2.45) is 0 Å². The highest BCUT2D eigenvalue weighted by molar-refractivity contribution is 5.87. The molecule has 0 radical (unpaired) electrons. The Labute approximate surface area is 122 Å². The molecule has 0 fully saturated rings. The monoisotopic (exact) mass is 272 g/mol. The highest BCUT2D eigenvalue weighted by Gasteiger charge is 2.11. The molecule has 21 heavy (non-hydrogen) atoms. The Morgan fingerprint density at radius 3 is 2.62 bits per heavy atom. The summed E-state index contributed by atoms with van der Waals surface area (Å²) in [6, 6.07) is 17.3. The van der Waals surface area contributed by atoms with Crippen LogP contribution in [0.5, 0.6) is 0 Å². The van der Waals surface area contributed by atoms with Crippen molar-refractivity contribution in [3.05, 3.63) is 65.4 Å². The fourth-order valence-corrected chi connectivity index (χ4v) is 2.47. The number of fused-ring (bicyclic) bond motifs is 1. The Morgan fingerprint density at radius 1 is 1.10 bits per heavy atom. The van der Waals surface area contributed by atoms with E-state index in [0.717, 1.165) is 33.9 Å². The van der Waals surface area contributed by atoms with Crippen molar-refractivity contribution in [1.29, 1.82) is 5.26 Å². The molecular formula is C18H12N2O. The van der Waals surface area contributed by atoms with Gasteiger partial charge in [-0.2, -0.15) is 5.26 Å². The van der Waals surface area contributed by atoms with Crippen molar-refractivity contribution in [3.63, 3.8) is 0 Å². The zero-order valence-corrected chi connectivity index (χ0v) is 11.5. The van der Waals surface area contributed by atoms with Gasteiger partial charge in [0.15, 0.2) is 0 Å². The van der Waals surface area contributed by atoms with Crippen molar-refractivity contribution in [2.75, 3.05) is 0 Å². The number of carbonyl (C=O) groups excluding carboxylic acids is 1. The van der Waals surface area contributed by atoms with Crippen LogP contribution in [-0.2, 0) is 0 Å².